The molecule has 3 aromatic rings. The number of hydrogen-bond acceptors (Lipinski definition) is 6. The number of morpholine rings is 1. The van der Waals surface area contributed by atoms with Crippen molar-refractivity contribution in [3.63, 3.8) is 0 Å². The largest absolute Gasteiger partial charge is 0.487 e. The number of hydrogen-bond donors (Lipinski definition) is 0. The predicted octanol–water partition coefficient (Wildman–Crippen LogP) is 3.15. The Kier molecular flexibility index (Phi) is 6.07. The molecule has 5 rings (SSSR count). The summed E-state index contributed by atoms with van der Waals surface area (Å²) in [5.74, 6) is 0.617. The Balaban J connectivity index is 1.25. The van der Waals surface area contributed by atoms with E-state index in [2.05, 4.69) is 53.3 Å². The van der Waals surface area contributed by atoms with Gasteiger partial charge in [-0.1, -0.05) is 42.0 Å². The second kappa shape index (κ2) is 9.29. The maximum Gasteiger partial charge on any atom is 0.274 e. The van der Waals surface area contributed by atoms with Crippen molar-refractivity contribution in [1.29, 1.82) is 0 Å². The van der Waals surface area contributed by atoms with Gasteiger partial charge in [-0.05, 0) is 30.2 Å². The highest BCUT2D eigenvalue weighted by molar-refractivity contribution is 5.92. The van der Waals surface area contributed by atoms with Gasteiger partial charge in [-0.3, -0.25) is 9.78 Å². The summed E-state index contributed by atoms with van der Waals surface area (Å²) in [5.41, 5.74) is 4.57. The Labute approximate surface area is 193 Å². The Morgan fingerprint density at radius 3 is 2.27 bits per heavy atom. The average Bonchev–Trinajstić information content (AvgIpc) is 2.84. The van der Waals surface area contributed by atoms with Gasteiger partial charge < -0.3 is 19.1 Å². The van der Waals surface area contributed by atoms with Gasteiger partial charge >= 0.3 is 0 Å². The summed E-state index contributed by atoms with van der Waals surface area (Å²) in [7, 11) is 0. The molecule has 0 atom stereocenters. The molecule has 0 saturated carbocycles. The van der Waals surface area contributed by atoms with E-state index < -0.39 is 0 Å². The van der Waals surface area contributed by atoms with Crippen LogP contribution in [0.3, 0.4) is 0 Å². The molecule has 0 radical (unpaired) electrons. The number of rotatable bonds is 6. The molecule has 33 heavy (non-hydrogen) atoms. The molecule has 0 bridgehead atoms. The van der Waals surface area contributed by atoms with E-state index in [-0.39, 0.29) is 17.9 Å². The standard InChI is InChI=1S/C26H27N3O4/c1-19-2-4-20(5-3-19)26(17-32-18-26)21-6-8-23(9-7-21)33-16-22-14-27-15-24(28-22)25(30)29-10-12-31-13-11-29/h2-9,14-15H,10-13,16-18H2,1H3. The first-order valence-electron chi connectivity index (χ1n) is 11.2. The van der Waals surface area contributed by atoms with Crippen LogP contribution in [0.5, 0.6) is 5.75 Å². The van der Waals surface area contributed by atoms with Crippen molar-refractivity contribution in [3.05, 3.63) is 89.0 Å². The SMILES string of the molecule is Cc1ccc(C2(c3ccc(OCc4cncc(C(=O)N5CCOCC5)n4)cc3)COC2)cc1. The fourth-order valence-electron chi connectivity index (χ4n) is 4.21. The lowest BCUT2D eigenvalue weighted by atomic mass is 9.73. The average molecular weight is 446 g/mol. The fraction of sp³-hybridized carbons (Fsp3) is 0.346. The van der Waals surface area contributed by atoms with Crippen LogP contribution in [0, 0.1) is 6.92 Å². The minimum Gasteiger partial charge on any atom is -0.487 e. The van der Waals surface area contributed by atoms with Crippen LogP contribution < -0.4 is 4.74 Å². The number of aryl methyl sites for hydroxylation is 1. The van der Waals surface area contributed by atoms with E-state index in [9.17, 15) is 4.79 Å². The second-order valence-electron chi connectivity index (χ2n) is 8.55. The number of benzene rings is 2. The van der Waals surface area contributed by atoms with E-state index in [0.29, 0.717) is 50.9 Å². The molecule has 1 aromatic heterocycles. The molecule has 7 heteroatoms. The summed E-state index contributed by atoms with van der Waals surface area (Å²) in [4.78, 5) is 23.0. The van der Waals surface area contributed by atoms with Crippen molar-refractivity contribution in [2.24, 2.45) is 0 Å². The van der Waals surface area contributed by atoms with Gasteiger partial charge in [-0.25, -0.2) is 4.98 Å². The molecule has 2 saturated heterocycles. The van der Waals surface area contributed by atoms with E-state index in [1.807, 2.05) is 12.1 Å². The van der Waals surface area contributed by atoms with E-state index in [1.165, 1.54) is 22.9 Å². The Hall–Kier alpha value is -3.29. The summed E-state index contributed by atoms with van der Waals surface area (Å²) in [6.07, 6.45) is 3.13. The summed E-state index contributed by atoms with van der Waals surface area (Å²) >= 11 is 0. The Bertz CT molecular complexity index is 1110. The smallest absolute Gasteiger partial charge is 0.274 e. The maximum absolute atomic E-state index is 12.6. The molecule has 2 fully saturated rings. The van der Waals surface area contributed by atoms with Crippen molar-refractivity contribution in [2.75, 3.05) is 39.5 Å². The first-order chi connectivity index (χ1) is 16.1. The quantitative estimate of drug-likeness (QED) is 0.580. The van der Waals surface area contributed by atoms with Crippen LogP contribution >= 0.6 is 0 Å². The van der Waals surface area contributed by atoms with E-state index in [4.69, 9.17) is 14.2 Å². The molecule has 2 aliphatic heterocycles. The molecule has 3 heterocycles. The molecule has 0 N–H and O–H groups in total. The van der Waals surface area contributed by atoms with Gasteiger partial charge in [-0.2, -0.15) is 0 Å². The topological polar surface area (TPSA) is 73.8 Å². The summed E-state index contributed by atoms with van der Waals surface area (Å²) in [6, 6.07) is 16.8. The lowest BCUT2D eigenvalue weighted by molar-refractivity contribution is -0.0380. The minimum atomic E-state index is -0.124. The highest BCUT2D eigenvalue weighted by Crippen LogP contribution is 2.39. The number of carbonyl (C=O) groups excluding carboxylic acids is 1. The molecule has 0 spiro atoms. The van der Waals surface area contributed by atoms with Crippen molar-refractivity contribution in [2.45, 2.75) is 18.9 Å². The van der Waals surface area contributed by atoms with Crippen molar-refractivity contribution < 1.29 is 19.0 Å². The van der Waals surface area contributed by atoms with Crippen LogP contribution in [0.4, 0.5) is 0 Å². The zero-order valence-corrected chi connectivity index (χ0v) is 18.7. The third-order valence-corrected chi connectivity index (χ3v) is 6.30. The lowest BCUT2D eigenvalue weighted by Gasteiger charge is -2.42. The first-order valence-corrected chi connectivity index (χ1v) is 11.2. The summed E-state index contributed by atoms with van der Waals surface area (Å²) in [6.45, 7) is 5.93. The molecule has 170 valence electrons. The third kappa shape index (κ3) is 4.47. The second-order valence-corrected chi connectivity index (χ2v) is 8.55. The fourth-order valence-corrected chi connectivity index (χ4v) is 4.21. The van der Waals surface area contributed by atoms with Crippen LogP contribution in [0.15, 0.2) is 60.9 Å². The maximum atomic E-state index is 12.6. The Morgan fingerprint density at radius 1 is 0.970 bits per heavy atom. The van der Waals surface area contributed by atoms with Crippen LogP contribution in [0.2, 0.25) is 0 Å². The molecule has 2 aliphatic rings. The van der Waals surface area contributed by atoms with Gasteiger partial charge in [-0.15, -0.1) is 0 Å². The number of nitrogens with zero attached hydrogens (tertiary/aromatic N) is 3. The minimum absolute atomic E-state index is 0.105. The van der Waals surface area contributed by atoms with Crippen molar-refractivity contribution >= 4 is 5.91 Å². The highest BCUT2D eigenvalue weighted by atomic mass is 16.5. The van der Waals surface area contributed by atoms with Crippen molar-refractivity contribution in [1.82, 2.24) is 14.9 Å². The zero-order chi connectivity index (χ0) is 22.7. The number of ether oxygens (including phenoxy) is 3. The first kappa shape index (κ1) is 21.6. The molecule has 7 nitrogen and oxygen atoms in total. The summed E-state index contributed by atoms with van der Waals surface area (Å²) < 4.78 is 16.8. The van der Waals surface area contributed by atoms with Gasteiger partial charge in [0.15, 0.2) is 0 Å². The van der Waals surface area contributed by atoms with Crippen LogP contribution in [0.25, 0.3) is 0 Å². The van der Waals surface area contributed by atoms with Crippen LogP contribution in [-0.2, 0) is 21.5 Å². The zero-order valence-electron chi connectivity index (χ0n) is 18.7. The van der Waals surface area contributed by atoms with Gasteiger partial charge in [0.1, 0.15) is 18.1 Å². The number of carbonyl (C=O) groups is 1. The highest BCUT2D eigenvalue weighted by Gasteiger charge is 2.41. The molecule has 2 aromatic carbocycles. The molecule has 0 unspecified atom stereocenters. The van der Waals surface area contributed by atoms with E-state index >= 15 is 0 Å². The normalized spacial score (nSPS) is 17.3. The van der Waals surface area contributed by atoms with Gasteiger partial charge in [0, 0.05) is 13.1 Å². The molecular weight excluding hydrogens is 418 g/mol. The van der Waals surface area contributed by atoms with Gasteiger partial charge in [0.2, 0.25) is 0 Å². The molecular formula is C26H27N3O4. The lowest BCUT2D eigenvalue weighted by Crippen LogP contribution is -2.47. The van der Waals surface area contributed by atoms with Crippen molar-refractivity contribution in [3.8, 4) is 5.75 Å². The third-order valence-electron chi connectivity index (χ3n) is 6.30. The van der Waals surface area contributed by atoms with E-state index in [1.54, 1.807) is 11.1 Å². The van der Waals surface area contributed by atoms with Gasteiger partial charge in [0.05, 0.1) is 49.9 Å². The molecule has 0 aliphatic carbocycles. The van der Waals surface area contributed by atoms with Crippen LogP contribution in [-0.4, -0.2) is 60.3 Å². The van der Waals surface area contributed by atoms with Crippen LogP contribution in [0.1, 0.15) is 32.9 Å². The Morgan fingerprint density at radius 2 is 1.64 bits per heavy atom. The van der Waals surface area contributed by atoms with Gasteiger partial charge in [0.25, 0.3) is 5.91 Å². The number of amides is 1. The number of aromatic nitrogens is 2. The summed E-state index contributed by atoms with van der Waals surface area (Å²) in [5, 5.41) is 0. The molecule has 1 amide bonds. The monoisotopic (exact) mass is 445 g/mol. The van der Waals surface area contributed by atoms with E-state index in [0.717, 1.165) is 5.75 Å². The predicted molar refractivity (Wildman–Crippen MR) is 122 cm³/mol.